The average Bonchev–Trinajstić information content (AvgIpc) is 2.38. The molecule has 0 saturated heterocycles. The van der Waals surface area contributed by atoms with Crippen LogP contribution in [0.5, 0.6) is 5.75 Å². The Morgan fingerprint density at radius 2 is 1.63 bits per heavy atom. The van der Waals surface area contributed by atoms with Crippen LogP contribution in [0.3, 0.4) is 0 Å². The molecule has 0 spiro atoms. The molecule has 0 bridgehead atoms. The lowest BCUT2D eigenvalue weighted by Crippen LogP contribution is -2.05. The van der Waals surface area contributed by atoms with Crippen molar-refractivity contribution in [1.82, 2.24) is 0 Å². The molecule has 0 heterocycles. The SMILES string of the molecule is Cc1cc(N)cc(C)c1OCOCc1ccccc1. The predicted octanol–water partition coefficient (Wildman–Crippen LogP) is 3.44. The fraction of sp³-hybridized carbons (Fsp3) is 0.250. The van der Waals surface area contributed by atoms with E-state index in [-0.39, 0.29) is 6.79 Å². The van der Waals surface area contributed by atoms with Crippen molar-refractivity contribution in [3.63, 3.8) is 0 Å². The predicted molar refractivity (Wildman–Crippen MR) is 77.1 cm³/mol. The van der Waals surface area contributed by atoms with E-state index >= 15 is 0 Å². The third kappa shape index (κ3) is 3.73. The highest BCUT2D eigenvalue weighted by atomic mass is 16.7. The molecule has 0 radical (unpaired) electrons. The molecular formula is C16H19NO2. The van der Waals surface area contributed by atoms with Gasteiger partial charge >= 0.3 is 0 Å². The van der Waals surface area contributed by atoms with Crippen molar-refractivity contribution in [3.8, 4) is 5.75 Å². The molecule has 2 rings (SSSR count). The molecule has 0 aliphatic heterocycles. The minimum atomic E-state index is 0.237. The quantitative estimate of drug-likeness (QED) is 0.507. The monoisotopic (exact) mass is 257 g/mol. The normalized spacial score (nSPS) is 10.4. The molecule has 2 N–H and O–H groups in total. The summed E-state index contributed by atoms with van der Waals surface area (Å²) in [5.41, 5.74) is 9.72. The molecule has 0 saturated carbocycles. The third-order valence-corrected chi connectivity index (χ3v) is 2.88. The molecule has 3 nitrogen and oxygen atoms in total. The van der Waals surface area contributed by atoms with Crippen LogP contribution >= 0.6 is 0 Å². The Balaban J connectivity index is 1.86. The average molecular weight is 257 g/mol. The minimum Gasteiger partial charge on any atom is -0.467 e. The first-order valence-corrected chi connectivity index (χ1v) is 6.28. The largest absolute Gasteiger partial charge is 0.467 e. The molecule has 3 heteroatoms. The first-order chi connectivity index (χ1) is 9.16. The van der Waals surface area contributed by atoms with E-state index in [1.54, 1.807) is 0 Å². The van der Waals surface area contributed by atoms with Crippen LogP contribution in [0.1, 0.15) is 16.7 Å². The second-order valence-corrected chi connectivity index (χ2v) is 4.58. The van der Waals surface area contributed by atoms with Crippen molar-refractivity contribution in [3.05, 3.63) is 59.2 Å². The molecule has 0 aliphatic carbocycles. The summed E-state index contributed by atoms with van der Waals surface area (Å²) in [5, 5.41) is 0. The Labute approximate surface area is 114 Å². The fourth-order valence-corrected chi connectivity index (χ4v) is 2.05. The van der Waals surface area contributed by atoms with E-state index < -0.39 is 0 Å². The Morgan fingerprint density at radius 1 is 1.00 bits per heavy atom. The number of anilines is 1. The molecule has 2 aromatic carbocycles. The van der Waals surface area contributed by atoms with E-state index in [9.17, 15) is 0 Å². The summed E-state index contributed by atoms with van der Waals surface area (Å²) in [6.45, 7) is 4.75. The zero-order chi connectivity index (χ0) is 13.7. The Hall–Kier alpha value is -2.00. The smallest absolute Gasteiger partial charge is 0.189 e. The lowest BCUT2D eigenvalue weighted by Gasteiger charge is -2.13. The van der Waals surface area contributed by atoms with Crippen LogP contribution in [-0.2, 0) is 11.3 Å². The first-order valence-electron chi connectivity index (χ1n) is 6.28. The summed E-state index contributed by atoms with van der Waals surface area (Å²) >= 11 is 0. The van der Waals surface area contributed by atoms with Crippen molar-refractivity contribution in [2.75, 3.05) is 12.5 Å². The lowest BCUT2D eigenvalue weighted by molar-refractivity contribution is 0.00432. The van der Waals surface area contributed by atoms with E-state index in [0.29, 0.717) is 6.61 Å². The zero-order valence-corrected chi connectivity index (χ0v) is 11.3. The van der Waals surface area contributed by atoms with Gasteiger partial charge in [-0.25, -0.2) is 0 Å². The van der Waals surface area contributed by atoms with Crippen LogP contribution in [0.4, 0.5) is 5.69 Å². The number of nitrogens with two attached hydrogens (primary N) is 1. The topological polar surface area (TPSA) is 44.5 Å². The molecule has 2 aromatic rings. The van der Waals surface area contributed by atoms with Gasteiger partial charge in [-0.2, -0.15) is 0 Å². The Morgan fingerprint density at radius 3 is 2.26 bits per heavy atom. The number of nitrogen functional groups attached to an aromatic ring is 1. The van der Waals surface area contributed by atoms with Gasteiger partial charge in [-0.1, -0.05) is 30.3 Å². The highest BCUT2D eigenvalue weighted by Gasteiger charge is 2.05. The summed E-state index contributed by atoms with van der Waals surface area (Å²) in [6, 6.07) is 13.8. The van der Waals surface area contributed by atoms with Gasteiger partial charge in [0, 0.05) is 5.69 Å². The van der Waals surface area contributed by atoms with Gasteiger partial charge in [0.15, 0.2) is 6.79 Å². The standard InChI is InChI=1S/C16H19NO2/c1-12-8-15(17)9-13(2)16(12)19-11-18-10-14-6-4-3-5-7-14/h3-9H,10-11,17H2,1-2H3. The van der Waals surface area contributed by atoms with E-state index in [4.69, 9.17) is 15.2 Å². The molecule has 0 aliphatic rings. The van der Waals surface area contributed by atoms with Crippen LogP contribution < -0.4 is 10.5 Å². The maximum Gasteiger partial charge on any atom is 0.189 e. The van der Waals surface area contributed by atoms with Crippen molar-refractivity contribution in [2.24, 2.45) is 0 Å². The molecule has 0 amide bonds. The van der Waals surface area contributed by atoms with Crippen LogP contribution in [0.15, 0.2) is 42.5 Å². The number of hydrogen-bond donors (Lipinski definition) is 1. The maximum atomic E-state index is 5.77. The van der Waals surface area contributed by atoms with Crippen LogP contribution in [-0.4, -0.2) is 6.79 Å². The summed E-state index contributed by atoms with van der Waals surface area (Å²) in [7, 11) is 0. The summed E-state index contributed by atoms with van der Waals surface area (Å²) in [5.74, 6) is 0.849. The molecule has 0 aromatic heterocycles. The number of ether oxygens (including phenoxy) is 2. The van der Waals surface area contributed by atoms with Crippen molar-refractivity contribution in [2.45, 2.75) is 20.5 Å². The second-order valence-electron chi connectivity index (χ2n) is 4.58. The van der Waals surface area contributed by atoms with Crippen molar-refractivity contribution < 1.29 is 9.47 Å². The molecule has 0 fully saturated rings. The Bertz CT molecular complexity index is 515. The molecule has 100 valence electrons. The maximum absolute atomic E-state index is 5.77. The summed E-state index contributed by atoms with van der Waals surface area (Å²) in [6.07, 6.45) is 0. The second kappa shape index (κ2) is 6.25. The molecule has 0 unspecified atom stereocenters. The molecule has 19 heavy (non-hydrogen) atoms. The van der Waals surface area contributed by atoms with Gasteiger partial charge in [-0.05, 0) is 42.7 Å². The first kappa shape index (κ1) is 13.4. The molecule has 0 atom stereocenters. The fourth-order valence-electron chi connectivity index (χ4n) is 2.05. The van der Waals surface area contributed by atoms with Crippen LogP contribution in [0.25, 0.3) is 0 Å². The Kier molecular flexibility index (Phi) is 4.42. The van der Waals surface area contributed by atoms with E-state index in [1.165, 1.54) is 0 Å². The van der Waals surface area contributed by atoms with E-state index in [0.717, 1.165) is 28.1 Å². The van der Waals surface area contributed by atoms with Gasteiger partial charge in [0.05, 0.1) is 6.61 Å². The number of aryl methyl sites for hydroxylation is 2. The van der Waals surface area contributed by atoms with Gasteiger partial charge in [0.2, 0.25) is 0 Å². The number of hydrogen-bond acceptors (Lipinski definition) is 3. The highest BCUT2D eigenvalue weighted by molar-refractivity contribution is 5.52. The summed E-state index contributed by atoms with van der Waals surface area (Å²) in [4.78, 5) is 0. The van der Waals surface area contributed by atoms with Gasteiger partial charge < -0.3 is 15.2 Å². The zero-order valence-electron chi connectivity index (χ0n) is 11.3. The number of benzene rings is 2. The van der Waals surface area contributed by atoms with Gasteiger partial charge in [0.25, 0.3) is 0 Å². The number of rotatable bonds is 5. The van der Waals surface area contributed by atoms with Crippen LogP contribution in [0, 0.1) is 13.8 Å². The van der Waals surface area contributed by atoms with Crippen molar-refractivity contribution in [1.29, 1.82) is 0 Å². The van der Waals surface area contributed by atoms with E-state index in [2.05, 4.69) is 0 Å². The highest BCUT2D eigenvalue weighted by Crippen LogP contribution is 2.25. The van der Waals surface area contributed by atoms with E-state index in [1.807, 2.05) is 56.3 Å². The summed E-state index contributed by atoms with van der Waals surface area (Å²) < 4.78 is 11.2. The molecular weight excluding hydrogens is 238 g/mol. The van der Waals surface area contributed by atoms with Gasteiger partial charge in [-0.3, -0.25) is 0 Å². The lowest BCUT2D eigenvalue weighted by atomic mass is 10.1. The van der Waals surface area contributed by atoms with Crippen molar-refractivity contribution >= 4 is 5.69 Å². The third-order valence-electron chi connectivity index (χ3n) is 2.88. The van der Waals surface area contributed by atoms with Gasteiger partial charge in [-0.15, -0.1) is 0 Å². The van der Waals surface area contributed by atoms with Crippen LogP contribution in [0.2, 0.25) is 0 Å². The minimum absolute atomic E-state index is 0.237. The van der Waals surface area contributed by atoms with Gasteiger partial charge in [0.1, 0.15) is 5.75 Å².